The molecule has 0 aliphatic carbocycles. The molecule has 0 aromatic carbocycles. The average Bonchev–Trinajstić information content (AvgIpc) is 2.12. The molecule has 0 unspecified atom stereocenters. The first-order valence-corrected chi connectivity index (χ1v) is 9.06. The summed E-state index contributed by atoms with van der Waals surface area (Å²) in [5.74, 6) is 1.01. The van der Waals surface area contributed by atoms with Crippen molar-refractivity contribution in [3.05, 3.63) is 12.0 Å². The van der Waals surface area contributed by atoms with E-state index in [9.17, 15) is 0 Å². The Kier molecular flexibility index (Phi) is 6.16. The van der Waals surface area contributed by atoms with Crippen LogP contribution < -0.4 is 0 Å². The molecule has 0 amide bonds. The fourth-order valence-electron chi connectivity index (χ4n) is 1.10. The fraction of sp³-hybridized carbons (Fsp3) is 0.846. The first-order chi connectivity index (χ1) is 7.24. The minimum Gasteiger partial charge on any atom is -0.544 e. The van der Waals surface area contributed by atoms with Gasteiger partial charge in [0.15, 0.2) is 0 Å². The molecule has 0 saturated heterocycles. The molecule has 0 aliphatic heterocycles. The van der Waals surface area contributed by atoms with Gasteiger partial charge in [-0.25, -0.2) is 0 Å². The minimum atomic E-state index is -1.70. The van der Waals surface area contributed by atoms with E-state index in [2.05, 4.69) is 40.8 Å². The maximum atomic E-state index is 6.22. The lowest BCUT2D eigenvalue weighted by Crippen LogP contribution is -2.40. The topological polar surface area (TPSA) is 18.5 Å². The molecule has 0 spiro atoms. The first kappa shape index (κ1) is 15.6. The van der Waals surface area contributed by atoms with Gasteiger partial charge in [-0.3, -0.25) is 0 Å². The van der Waals surface area contributed by atoms with E-state index in [1.54, 1.807) is 13.4 Å². The van der Waals surface area contributed by atoms with Gasteiger partial charge in [-0.2, -0.15) is 0 Å². The summed E-state index contributed by atoms with van der Waals surface area (Å²) >= 11 is 0. The molecule has 0 atom stereocenters. The summed E-state index contributed by atoms with van der Waals surface area (Å²) in [6.45, 7) is 13.5. The van der Waals surface area contributed by atoms with Crippen molar-refractivity contribution in [1.82, 2.24) is 0 Å². The number of methoxy groups -OCH3 is 1. The summed E-state index contributed by atoms with van der Waals surface area (Å²) < 4.78 is 11.3. The van der Waals surface area contributed by atoms with Gasteiger partial charge in [0.2, 0.25) is 8.32 Å². The van der Waals surface area contributed by atoms with Crippen LogP contribution in [0.5, 0.6) is 0 Å². The molecular formula is C13H28O2Si. The summed E-state index contributed by atoms with van der Waals surface area (Å²) in [5.41, 5.74) is 0. The van der Waals surface area contributed by atoms with E-state index in [0.717, 1.165) is 18.6 Å². The number of unbranched alkanes of at least 4 members (excludes halogenated alkanes) is 1. The standard InChI is InChI=1S/C13H28O2Si/c1-8-9-10-12(11-14-5)15-16(6,7)13(2,3)4/h11H,8-10H2,1-7H3/b12-11-. The van der Waals surface area contributed by atoms with Crippen molar-refractivity contribution in [1.29, 1.82) is 0 Å². The largest absolute Gasteiger partial charge is 0.544 e. The maximum absolute atomic E-state index is 6.22. The van der Waals surface area contributed by atoms with Crippen molar-refractivity contribution < 1.29 is 9.16 Å². The molecule has 0 fully saturated rings. The molecule has 0 bridgehead atoms. The van der Waals surface area contributed by atoms with E-state index in [0.29, 0.717) is 0 Å². The highest BCUT2D eigenvalue weighted by Crippen LogP contribution is 2.38. The zero-order valence-electron chi connectivity index (χ0n) is 12.0. The zero-order chi connectivity index (χ0) is 12.8. The minimum absolute atomic E-state index is 0.242. The Labute approximate surface area is 102 Å². The highest BCUT2D eigenvalue weighted by molar-refractivity contribution is 6.74. The van der Waals surface area contributed by atoms with Crippen molar-refractivity contribution in [2.45, 2.75) is 65.1 Å². The number of hydrogen-bond donors (Lipinski definition) is 0. The van der Waals surface area contributed by atoms with E-state index in [1.165, 1.54) is 6.42 Å². The molecule has 0 aromatic rings. The summed E-state index contributed by atoms with van der Waals surface area (Å²) in [6, 6.07) is 0. The van der Waals surface area contributed by atoms with Gasteiger partial charge < -0.3 is 9.16 Å². The highest BCUT2D eigenvalue weighted by Gasteiger charge is 2.39. The molecule has 0 aromatic heterocycles. The molecule has 0 radical (unpaired) electrons. The predicted molar refractivity (Wildman–Crippen MR) is 72.9 cm³/mol. The Morgan fingerprint density at radius 2 is 1.81 bits per heavy atom. The van der Waals surface area contributed by atoms with Gasteiger partial charge in [-0.05, 0) is 24.6 Å². The van der Waals surface area contributed by atoms with Crippen LogP contribution in [0.3, 0.4) is 0 Å². The quantitative estimate of drug-likeness (QED) is 0.498. The summed E-state index contributed by atoms with van der Waals surface area (Å²) in [4.78, 5) is 0. The van der Waals surface area contributed by atoms with Crippen molar-refractivity contribution in [2.24, 2.45) is 0 Å². The lowest BCUT2D eigenvalue weighted by atomic mass is 10.2. The third kappa shape index (κ3) is 5.06. The summed E-state index contributed by atoms with van der Waals surface area (Å²) in [5, 5.41) is 0.242. The monoisotopic (exact) mass is 244 g/mol. The van der Waals surface area contributed by atoms with E-state index in [4.69, 9.17) is 9.16 Å². The van der Waals surface area contributed by atoms with E-state index < -0.39 is 8.32 Å². The lowest BCUT2D eigenvalue weighted by molar-refractivity contribution is 0.285. The normalized spacial score (nSPS) is 13.8. The highest BCUT2D eigenvalue weighted by atomic mass is 28.4. The smallest absolute Gasteiger partial charge is 0.250 e. The molecular weight excluding hydrogens is 216 g/mol. The second-order valence-electron chi connectivity index (χ2n) is 5.79. The third-order valence-electron chi connectivity index (χ3n) is 3.22. The fourth-order valence-corrected chi connectivity index (χ4v) is 2.21. The van der Waals surface area contributed by atoms with Gasteiger partial charge in [0.05, 0.1) is 7.11 Å². The Morgan fingerprint density at radius 1 is 1.25 bits per heavy atom. The van der Waals surface area contributed by atoms with Crippen LogP contribution in [0.4, 0.5) is 0 Å². The number of allylic oxidation sites excluding steroid dienone is 1. The molecule has 0 saturated carbocycles. The van der Waals surface area contributed by atoms with Crippen LogP contribution in [0.15, 0.2) is 12.0 Å². The second-order valence-corrected chi connectivity index (χ2v) is 10.5. The average molecular weight is 244 g/mol. The van der Waals surface area contributed by atoms with Crippen LogP contribution in [0, 0.1) is 0 Å². The van der Waals surface area contributed by atoms with Crippen molar-refractivity contribution in [3.8, 4) is 0 Å². The van der Waals surface area contributed by atoms with Gasteiger partial charge >= 0.3 is 0 Å². The van der Waals surface area contributed by atoms with Gasteiger partial charge in [0.25, 0.3) is 0 Å². The molecule has 3 heteroatoms. The van der Waals surface area contributed by atoms with Crippen LogP contribution in [-0.4, -0.2) is 15.4 Å². The van der Waals surface area contributed by atoms with Gasteiger partial charge in [-0.1, -0.05) is 34.1 Å². The van der Waals surface area contributed by atoms with Crippen LogP contribution in [0.25, 0.3) is 0 Å². The van der Waals surface area contributed by atoms with Gasteiger partial charge in [-0.15, -0.1) is 0 Å². The molecule has 2 nitrogen and oxygen atoms in total. The van der Waals surface area contributed by atoms with Crippen LogP contribution in [0.1, 0.15) is 47.0 Å². The summed E-state index contributed by atoms with van der Waals surface area (Å²) in [7, 11) is -0.0220. The number of hydrogen-bond acceptors (Lipinski definition) is 2. The van der Waals surface area contributed by atoms with Crippen LogP contribution >= 0.6 is 0 Å². The molecule has 96 valence electrons. The molecule has 0 aliphatic rings. The summed E-state index contributed by atoms with van der Waals surface area (Å²) in [6.07, 6.45) is 5.08. The predicted octanol–water partition coefficient (Wildman–Crippen LogP) is 4.69. The van der Waals surface area contributed by atoms with Crippen molar-refractivity contribution in [2.75, 3.05) is 7.11 Å². The van der Waals surface area contributed by atoms with E-state index in [-0.39, 0.29) is 5.04 Å². The Hall–Kier alpha value is -0.443. The number of rotatable bonds is 6. The Morgan fingerprint density at radius 3 is 2.19 bits per heavy atom. The molecule has 0 heterocycles. The Balaban J connectivity index is 4.56. The van der Waals surface area contributed by atoms with E-state index >= 15 is 0 Å². The molecule has 16 heavy (non-hydrogen) atoms. The molecule has 0 rings (SSSR count). The zero-order valence-corrected chi connectivity index (χ0v) is 13.0. The van der Waals surface area contributed by atoms with E-state index in [1.807, 2.05) is 0 Å². The van der Waals surface area contributed by atoms with Crippen molar-refractivity contribution in [3.63, 3.8) is 0 Å². The van der Waals surface area contributed by atoms with Crippen LogP contribution in [-0.2, 0) is 9.16 Å². The Bertz CT molecular complexity index is 227. The second kappa shape index (κ2) is 6.33. The number of ether oxygens (including phenoxy) is 1. The molecule has 0 N–H and O–H groups in total. The first-order valence-electron chi connectivity index (χ1n) is 6.15. The maximum Gasteiger partial charge on any atom is 0.250 e. The lowest BCUT2D eigenvalue weighted by Gasteiger charge is -2.37. The van der Waals surface area contributed by atoms with Crippen molar-refractivity contribution >= 4 is 8.32 Å². The SMILES string of the molecule is CCCC/C(=C/OC)O[Si](C)(C)C(C)(C)C. The van der Waals surface area contributed by atoms with Crippen LogP contribution in [0.2, 0.25) is 18.1 Å². The third-order valence-corrected chi connectivity index (χ3v) is 7.60. The van der Waals surface area contributed by atoms with Gasteiger partial charge in [0, 0.05) is 6.42 Å². The van der Waals surface area contributed by atoms with Gasteiger partial charge in [0.1, 0.15) is 12.0 Å².